The van der Waals surface area contributed by atoms with Crippen LogP contribution in [0.15, 0.2) is 115 Å². The quantitative estimate of drug-likeness (QED) is 0.394. The second kappa shape index (κ2) is 8.17. The van der Waals surface area contributed by atoms with Crippen molar-refractivity contribution < 1.29 is 9.47 Å². The van der Waals surface area contributed by atoms with Crippen molar-refractivity contribution in [3.8, 4) is 5.75 Å². The van der Waals surface area contributed by atoms with Crippen LogP contribution in [0.2, 0.25) is 0 Å². The van der Waals surface area contributed by atoms with Gasteiger partial charge in [-0.15, -0.1) is 0 Å². The fourth-order valence-electron chi connectivity index (χ4n) is 4.29. The number of aryl methyl sites for hydroxylation is 1. The van der Waals surface area contributed by atoms with Gasteiger partial charge in [-0.1, -0.05) is 109 Å². The SMILES string of the molecule is c1ccc(CCC2Oc3ccccc3C(c3ccccc3)(c3ccccc3)O2)cc1. The Morgan fingerprint density at radius 2 is 1.13 bits per heavy atom. The average molecular weight is 392 g/mol. The van der Waals surface area contributed by atoms with E-state index in [0.29, 0.717) is 0 Å². The van der Waals surface area contributed by atoms with E-state index in [0.717, 1.165) is 35.3 Å². The van der Waals surface area contributed by atoms with Gasteiger partial charge in [-0.25, -0.2) is 0 Å². The smallest absolute Gasteiger partial charge is 0.201 e. The van der Waals surface area contributed by atoms with Crippen molar-refractivity contribution in [1.82, 2.24) is 0 Å². The molecule has 0 bridgehead atoms. The number of para-hydroxylation sites is 1. The lowest BCUT2D eigenvalue weighted by atomic mass is 9.79. The lowest BCUT2D eigenvalue weighted by Gasteiger charge is -2.43. The molecule has 2 heteroatoms. The van der Waals surface area contributed by atoms with Crippen LogP contribution in [0.4, 0.5) is 0 Å². The summed E-state index contributed by atoms with van der Waals surface area (Å²) in [5, 5.41) is 0. The Bertz CT molecular complexity index is 1050. The van der Waals surface area contributed by atoms with Gasteiger partial charge >= 0.3 is 0 Å². The van der Waals surface area contributed by atoms with Gasteiger partial charge in [0.1, 0.15) is 5.75 Å². The topological polar surface area (TPSA) is 18.5 Å². The van der Waals surface area contributed by atoms with E-state index in [1.54, 1.807) is 0 Å². The summed E-state index contributed by atoms with van der Waals surface area (Å²) >= 11 is 0. The highest BCUT2D eigenvalue weighted by molar-refractivity contribution is 5.53. The van der Waals surface area contributed by atoms with Gasteiger partial charge in [0.25, 0.3) is 0 Å². The van der Waals surface area contributed by atoms with Crippen LogP contribution in [-0.4, -0.2) is 6.29 Å². The van der Waals surface area contributed by atoms with E-state index in [4.69, 9.17) is 9.47 Å². The Labute approximate surface area is 177 Å². The molecule has 0 fully saturated rings. The molecule has 30 heavy (non-hydrogen) atoms. The van der Waals surface area contributed by atoms with Crippen LogP contribution in [0.5, 0.6) is 5.75 Å². The molecule has 0 aromatic heterocycles. The fourth-order valence-corrected chi connectivity index (χ4v) is 4.29. The summed E-state index contributed by atoms with van der Waals surface area (Å²) < 4.78 is 13.2. The normalized spacial score (nSPS) is 17.0. The van der Waals surface area contributed by atoms with Crippen LogP contribution in [-0.2, 0) is 16.8 Å². The molecule has 0 saturated heterocycles. The second-order valence-corrected chi connectivity index (χ2v) is 7.60. The molecule has 148 valence electrons. The monoisotopic (exact) mass is 392 g/mol. The molecule has 0 N–H and O–H groups in total. The molecule has 2 nitrogen and oxygen atoms in total. The third-order valence-electron chi connectivity index (χ3n) is 5.71. The van der Waals surface area contributed by atoms with Crippen LogP contribution in [0.3, 0.4) is 0 Å². The van der Waals surface area contributed by atoms with E-state index in [1.165, 1.54) is 5.56 Å². The minimum absolute atomic E-state index is 0.347. The first-order valence-corrected chi connectivity index (χ1v) is 10.5. The van der Waals surface area contributed by atoms with Gasteiger partial charge in [-0.3, -0.25) is 0 Å². The van der Waals surface area contributed by atoms with Crippen molar-refractivity contribution in [3.05, 3.63) is 138 Å². The summed E-state index contributed by atoms with van der Waals surface area (Å²) in [4.78, 5) is 0. The zero-order valence-corrected chi connectivity index (χ0v) is 16.8. The highest BCUT2D eigenvalue weighted by Gasteiger charge is 2.45. The Morgan fingerprint density at radius 1 is 0.600 bits per heavy atom. The molecule has 1 heterocycles. The van der Waals surface area contributed by atoms with E-state index in [2.05, 4.69) is 84.9 Å². The first-order chi connectivity index (χ1) is 14.9. The van der Waals surface area contributed by atoms with Crippen LogP contribution < -0.4 is 4.74 Å². The minimum Gasteiger partial charge on any atom is -0.464 e. The van der Waals surface area contributed by atoms with Crippen LogP contribution in [0.25, 0.3) is 0 Å². The summed E-state index contributed by atoms with van der Waals surface area (Å²) in [6.45, 7) is 0. The van der Waals surface area contributed by atoms with Crippen LogP contribution in [0, 0.1) is 0 Å². The second-order valence-electron chi connectivity index (χ2n) is 7.60. The number of fused-ring (bicyclic) bond motifs is 1. The third-order valence-corrected chi connectivity index (χ3v) is 5.71. The van der Waals surface area contributed by atoms with Crippen LogP contribution >= 0.6 is 0 Å². The highest BCUT2D eigenvalue weighted by Crippen LogP contribution is 2.48. The molecule has 0 spiro atoms. The van der Waals surface area contributed by atoms with Gasteiger partial charge in [-0.05, 0) is 29.2 Å². The van der Waals surface area contributed by atoms with Crippen molar-refractivity contribution >= 4 is 0 Å². The molecule has 1 aliphatic rings. The van der Waals surface area contributed by atoms with Crippen molar-refractivity contribution in [2.45, 2.75) is 24.7 Å². The van der Waals surface area contributed by atoms with Crippen LogP contribution in [0.1, 0.15) is 28.7 Å². The number of hydrogen-bond donors (Lipinski definition) is 0. The van der Waals surface area contributed by atoms with E-state index in [9.17, 15) is 0 Å². The Balaban J connectivity index is 1.61. The summed E-state index contributed by atoms with van der Waals surface area (Å²) in [5.41, 5.74) is 3.83. The van der Waals surface area contributed by atoms with Crippen molar-refractivity contribution in [3.63, 3.8) is 0 Å². The standard InChI is InChI=1S/C28H24O2/c1-4-12-22(13-5-1)20-21-27-29-26-19-11-10-18-25(26)28(30-27,23-14-6-2-7-15-23)24-16-8-3-9-17-24/h1-19,27H,20-21H2. The highest BCUT2D eigenvalue weighted by atomic mass is 16.7. The number of hydrogen-bond acceptors (Lipinski definition) is 2. The minimum atomic E-state index is -0.710. The molecule has 0 amide bonds. The number of rotatable bonds is 5. The maximum absolute atomic E-state index is 6.87. The van der Waals surface area contributed by atoms with Crippen molar-refractivity contribution in [2.24, 2.45) is 0 Å². The molecule has 0 saturated carbocycles. The zero-order valence-electron chi connectivity index (χ0n) is 16.8. The maximum atomic E-state index is 6.87. The zero-order chi connectivity index (χ0) is 20.2. The molecule has 4 aromatic carbocycles. The Kier molecular flexibility index (Phi) is 5.08. The fraction of sp³-hybridized carbons (Fsp3) is 0.143. The van der Waals surface area contributed by atoms with Gasteiger partial charge in [0, 0.05) is 12.0 Å². The summed E-state index contributed by atoms with van der Waals surface area (Å²) in [7, 11) is 0. The molecule has 5 rings (SSSR count). The lowest BCUT2D eigenvalue weighted by molar-refractivity contribution is -0.165. The largest absolute Gasteiger partial charge is 0.464 e. The van der Waals surface area contributed by atoms with Gasteiger partial charge in [0.15, 0.2) is 5.60 Å². The Morgan fingerprint density at radius 3 is 1.77 bits per heavy atom. The molecule has 1 aliphatic heterocycles. The summed E-state index contributed by atoms with van der Waals surface area (Å²) in [5.74, 6) is 0.884. The molecular formula is C28H24O2. The van der Waals surface area contributed by atoms with Gasteiger partial charge in [-0.2, -0.15) is 0 Å². The predicted molar refractivity (Wildman–Crippen MR) is 119 cm³/mol. The van der Waals surface area contributed by atoms with Gasteiger partial charge in [0.2, 0.25) is 6.29 Å². The molecule has 1 unspecified atom stereocenters. The van der Waals surface area contributed by atoms with E-state index in [-0.39, 0.29) is 6.29 Å². The van der Waals surface area contributed by atoms with Gasteiger partial charge < -0.3 is 9.47 Å². The molecule has 0 aliphatic carbocycles. The number of benzene rings is 4. The Hall–Kier alpha value is -3.36. The molecule has 0 radical (unpaired) electrons. The first kappa shape index (κ1) is 18.7. The maximum Gasteiger partial charge on any atom is 0.201 e. The lowest BCUT2D eigenvalue weighted by Crippen LogP contribution is -2.43. The van der Waals surface area contributed by atoms with Crippen molar-refractivity contribution in [2.75, 3.05) is 0 Å². The third kappa shape index (κ3) is 3.40. The molecule has 1 atom stereocenters. The van der Waals surface area contributed by atoms with Crippen molar-refractivity contribution in [1.29, 1.82) is 0 Å². The molecular weight excluding hydrogens is 368 g/mol. The van der Waals surface area contributed by atoms with E-state index in [1.807, 2.05) is 30.3 Å². The van der Waals surface area contributed by atoms with Gasteiger partial charge in [0.05, 0.1) is 0 Å². The average Bonchev–Trinajstić information content (AvgIpc) is 2.84. The summed E-state index contributed by atoms with van der Waals surface area (Å²) in [6.07, 6.45) is 1.33. The molecule has 4 aromatic rings. The summed E-state index contributed by atoms with van der Waals surface area (Å²) in [6, 6.07) is 39.7. The first-order valence-electron chi connectivity index (χ1n) is 10.5. The van der Waals surface area contributed by atoms with E-state index < -0.39 is 5.60 Å². The number of ether oxygens (including phenoxy) is 2. The van der Waals surface area contributed by atoms with E-state index >= 15 is 0 Å². The predicted octanol–water partition coefficient (Wildman–Crippen LogP) is 6.35.